The van der Waals surface area contributed by atoms with Crippen molar-refractivity contribution in [1.29, 1.82) is 0 Å². The molecule has 20 heavy (non-hydrogen) atoms. The zero-order valence-electron chi connectivity index (χ0n) is 10.7. The molecule has 110 valence electrons. The third kappa shape index (κ3) is 2.59. The van der Waals surface area contributed by atoms with Crippen LogP contribution in [0.25, 0.3) is 0 Å². The lowest BCUT2D eigenvalue weighted by molar-refractivity contribution is -0.141. The molecule has 0 spiro atoms. The lowest BCUT2D eigenvalue weighted by atomic mass is 10.2. The summed E-state index contributed by atoms with van der Waals surface area (Å²) >= 11 is 0. The van der Waals surface area contributed by atoms with E-state index in [1.54, 1.807) is 0 Å². The molecule has 1 aromatic heterocycles. The first-order chi connectivity index (χ1) is 9.37. The second kappa shape index (κ2) is 4.39. The molecule has 2 fully saturated rings. The van der Waals surface area contributed by atoms with Gasteiger partial charge in [-0.2, -0.15) is 18.3 Å². The van der Waals surface area contributed by atoms with Crippen LogP contribution in [0.3, 0.4) is 0 Å². The molecular weight excluding hydrogens is 273 g/mol. The van der Waals surface area contributed by atoms with Crippen LogP contribution in [0, 0.1) is 0 Å². The smallest absolute Gasteiger partial charge is 0.395 e. The molecule has 0 radical (unpaired) electrons. The number of nitrogens with one attached hydrogen (secondary N) is 1. The van der Waals surface area contributed by atoms with Crippen molar-refractivity contribution >= 4 is 11.6 Å². The Kier molecular flexibility index (Phi) is 2.91. The van der Waals surface area contributed by atoms with Gasteiger partial charge in [0, 0.05) is 12.0 Å². The maximum absolute atomic E-state index is 12.6. The van der Waals surface area contributed by atoms with Crippen LogP contribution in [0.5, 0.6) is 0 Å². The van der Waals surface area contributed by atoms with E-state index >= 15 is 0 Å². The van der Waals surface area contributed by atoms with Gasteiger partial charge in [-0.1, -0.05) is 0 Å². The number of amides is 1. The summed E-state index contributed by atoms with van der Waals surface area (Å²) in [5.41, 5.74) is 6.64. The molecule has 0 aromatic carbocycles. The van der Waals surface area contributed by atoms with Crippen LogP contribution in [0.15, 0.2) is 0 Å². The van der Waals surface area contributed by atoms with Crippen LogP contribution >= 0.6 is 0 Å². The average molecular weight is 288 g/mol. The van der Waals surface area contributed by atoms with Crippen LogP contribution < -0.4 is 5.73 Å². The summed E-state index contributed by atoms with van der Waals surface area (Å²) in [5, 5.41) is 6.52. The minimum Gasteiger partial charge on any atom is -0.395 e. The largest absolute Gasteiger partial charge is 0.406 e. The van der Waals surface area contributed by atoms with Gasteiger partial charge in [-0.25, -0.2) is 0 Å². The van der Waals surface area contributed by atoms with Gasteiger partial charge in [0.15, 0.2) is 5.69 Å². The maximum atomic E-state index is 12.6. The van der Waals surface area contributed by atoms with Gasteiger partial charge in [0.1, 0.15) is 6.54 Å². The summed E-state index contributed by atoms with van der Waals surface area (Å²) in [6.07, 6.45) is -1.28. The molecule has 8 heteroatoms. The van der Waals surface area contributed by atoms with Crippen LogP contribution in [0.1, 0.15) is 47.8 Å². The minimum atomic E-state index is -4.41. The number of nitrogens with two attached hydrogens (primary N) is 1. The van der Waals surface area contributed by atoms with Crippen LogP contribution in [0.2, 0.25) is 0 Å². The molecule has 1 amide bonds. The van der Waals surface area contributed by atoms with Crippen molar-refractivity contribution in [2.75, 3.05) is 12.3 Å². The van der Waals surface area contributed by atoms with E-state index in [-0.39, 0.29) is 23.3 Å². The Hall–Kier alpha value is -1.73. The van der Waals surface area contributed by atoms with Gasteiger partial charge in [-0.05, 0) is 25.7 Å². The van der Waals surface area contributed by atoms with Crippen molar-refractivity contribution in [1.82, 2.24) is 15.1 Å². The van der Waals surface area contributed by atoms with E-state index in [0.717, 1.165) is 17.7 Å². The number of nitrogen functional groups attached to an aromatic ring is 1. The zero-order chi connectivity index (χ0) is 14.5. The fourth-order valence-corrected chi connectivity index (χ4v) is 2.29. The summed E-state index contributed by atoms with van der Waals surface area (Å²) < 4.78 is 37.7. The summed E-state index contributed by atoms with van der Waals surface area (Å²) in [5.74, 6) is -0.466. The van der Waals surface area contributed by atoms with Gasteiger partial charge in [0.2, 0.25) is 0 Å². The molecule has 0 atom stereocenters. The number of carbonyl (C=O) groups is 1. The number of H-pyrrole nitrogens is 1. The topological polar surface area (TPSA) is 75.0 Å². The molecule has 3 rings (SSSR count). The number of alkyl halides is 3. The third-order valence-corrected chi connectivity index (χ3v) is 3.62. The van der Waals surface area contributed by atoms with Crippen LogP contribution in [0.4, 0.5) is 18.9 Å². The second-order valence-electron chi connectivity index (χ2n) is 5.45. The highest BCUT2D eigenvalue weighted by molar-refractivity contribution is 5.98. The Morgan fingerprint density at radius 2 is 2.00 bits per heavy atom. The first kappa shape index (κ1) is 13.3. The van der Waals surface area contributed by atoms with Crippen molar-refractivity contribution in [3.63, 3.8) is 0 Å². The zero-order valence-corrected chi connectivity index (χ0v) is 10.7. The molecule has 2 aliphatic carbocycles. The Labute approximate surface area is 113 Å². The number of carbonyl (C=O) groups excluding carboxylic acids is 1. The van der Waals surface area contributed by atoms with E-state index in [1.165, 1.54) is 0 Å². The van der Waals surface area contributed by atoms with Crippen LogP contribution in [-0.2, 0) is 0 Å². The van der Waals surface area contributed by atoms with Gasteiger partial charge >= 0.3 is 6.18 Å². The fraction of sp³-hybridized carbons (Fsp3) is 0.667. The first-order valence-corrected chi connectivity index (χ1v) is 6.58. The monoisotopic (exact) mass is 288 g/mol. The first-order valence-electron chi connectivity index (χ1n) is 6.58. The summed E-state index contributed by atoms with van der Waals surface area (Å²) in [7, 11) is 0. The van der Waals surface area contributed by atoms with E-state index in [9.17, 15) is 18.0 Å². The van der Waals surface area contributed by atoms with Crippen molar-refractivity contribution < 1.29 is 18.0 Å². The predicted molar refractivity (Wildman–Crippen MR) is 65.1 cm³/mol. The normalized spacial score (nSPS) is 19.1. The molecule has 0 aliphatic heterocycles. The Balaban J connectivity index is 1.82. The van der Waals surface area contributed by atoms with E-state index in [4.69, 9.17) is 5.73 Å². The van der Waals surface area contributed by atoms with Crippen molar-refractivity contribution in [2.45, 2.75) is 43.8 Å². The molecule has 0 saturated heterocycles. The number of anilines is 1. The van der Waals surface area contributed by atoms with E-state index in [0.29, 0.717) is 18.5 Å². The minimum absolute atomic E-state index is 0.0805. The molecule has 3 N–H and O–H groups in total. The maximum Gasteiger partial charge on any atom is 0.406 e. The summed E-state index contributed by atoms with van der Waals surface area (Å²) in [4.78, 5) is 13.1. The third-order valence-electron chi connectivity index (χ3n) is 3.62. The van der Waals surface area contributed by atoms with Gasteiger partial charge < -0.3 is 10.6 Å². The molecule has 1 aromatic rings. The van der Waals surface area contributed by atoms with Crippen molar-refractivity contribution in [3.05, 3.63) is 11.4 Å². The second-order valence-corrected chi connectivity index (χ2v) is 5.45. The van der Waals surface area contributed by atoms with E-state index < -0.39 is 18.6 Å². The van der Waals surface area contributed by atoms with E-state index in [1.807, 2.05) is 0 Å². The quantitative estimate of drug-likeness (QED) is 0.890. The summed E-state index contributed by atoms with van der Waals surface area (Å²) in [6.45, 7) is -1.25. The number of aromatic amines is 1. The molecule has 5 nitrogen and oxygen atoms in total. The standard InChI is InChI=1S/C12H15F3N4O/c13-12(14,15)5-19(7-3-4-7)11(20)10-8(16)9(17-18-10)6-1-2-6/h6-7H,1-5,16H2,(H,17,18). The number of rotatable bonds is 4. The SMILES string of the molecule is Nc1c(C(=O)N(CC(F)(F)F)C2CC2)n[nH]c1C1CC1. The Bertz CT molecular complexity index is 531. The van der Waals surface area contributed by atoms with Gasteiger partial charge in [-0.3, -0.25) is 9.89 Å². The van der Waals surface area contributed by atoms with Crippen molar-refractivity contribution in [3.8, 4) is 0 Å². The molecule has 0 unspecified atom stereocenters. The molecular formula is C12H15F3N4O. The molecule has 0 bridgehead atoms. The number of aromatic nitrogens is 2. The fourth-order valence-electron chi connectivity index (χ4n) is 2.29. The predicted octanol–water partition coefficient (Wildman–Crippen LogP) is 2.04. The molecule has 2 saturated carbocycles. The number of hydrogen-bond acceptors (Lipinski definition) is 3. The number of halogens is 3. The van der Waals surface area contributed by atoms with E-state index in [2.05, 4.69) is 10.2 Å². The highest BCUT2D eigenvalue weighted by Gasteiger charge is 2.42. The highest BCUT2D eigenvalue weighted by Crippen LogP contribution is 2.42. The van der Waals surface area contributed by atoms with Gasteiger partial charge in [0.25, 0.3) is 5.91 Å². The Morgan fingerprint density at radius 3 is 2.50 bits per heavy atom. The molecule has 2 aliphatic rings. The number of nitrogens with zero attached hydrogens (tertiary/aromatic N) is 2. The number of hydrogen-bond donors (Lipinski definition) is 2. The summed E-state index contributed by atoms with van der Waals surface area (Å²) in [6, 6.07) is -0.343. The average Bonchev–Trinajstić information content (AvgIpc) is 3.22. The Morgan fingerprint density at radius 1 is 1.35 bits per heavy atom. The van der Waals surface area contributed by atoms with Crippen LogP contribution in [-0.4, -0.2) is 39.8 Å². The lowest BCUT2D eigenvalue weighted by Gasteiger charge is -2.23. The van der Waals surface area contributed by atoms with Gasteiger partial charge in [0.05, 0.1) is 11.4 Å². The highest BCUT2D eigenvalue weighted by atomic mass is 19.4. The van der Waals surface area contributed by atoms with Gasteiger partial charge in [-0.15, -0.1) is 0 Å². The van der Waals surface area contributed by atoms with Crippen molar-refractivity contribution in [2.24, 2.45) is 0 Å². The lowest BCUT2D eigenvalue weighted by Crippen LogP contribution is -2.40. The molecule has 1 heterocycles.